The number of halogens is 2. The van der Waals surface area contributed by atoms with Gasteiger partial charge in [-0.1, -0.05) is 12.1 Å². The fourth-order valence-electron chi connectivity index (χ4n) is 4.61. The number of rotatable bonds is 7. The van der Waals surface area contributed by atoms with Gasteiger partial charge in [-0.25, -0.2) is 27.2 Å². The van der Waals surface area contributed by atoms with E-state index in [9.17, 15) is 22.0 Å². The largest absolute Gasteiger partial charge is 0.354 e. The number of benzene rings is 1. The number of fused-ring (bicyclic) bond motifs is 1. The van der Waals surface area contributed by atoms with E-state index < -0.39 is 28.2 Å². The quantitative estimate of drug-likeness (QED) is 0.350. The molecule has 1 atom stereocenters. The number of amides is 1. The van der Waals surface area contributed by atoms with Gasteiger partial charge < -0.3 is 15.5 Å². The zero-order valence-corrected chi connectivity index (χ0v) is 22.8. The maximum atomic E-state index is 13.2. The topological polar surface area (TPSA) is 117 Å². The number of aromatic nitrogens is 3. The zero-order valence-electron chi connectivity index (χ0n) is 21.9. The maximum Gasteiger partial charge on any atom is 0.255 e. The van der Waals surface area contributed by atoms with Crippen LogP contribution in [0.3, 0.4) is 0 Å². The molecule has 3 aromatic heterocycles. The van der Waals surface area contributed by atoms with Gasteiger partial charge in [-0.2, -0.15) is 0 Å². The average Bonchev–Trinajstić information content (AvgIpc) is 2.95. The zero-order chi connectivity index (χ0) is 28.4. The summed E-state index contributed by atoms with van der Waals surface area (Å²) in [6.45, 7) is 2.98. The van der Waals surface area contributed by atoms with Gasteiger partial charge in [0.05, 0.1) is 40.1 Å². The van der Waals surface area contributed by atoms with Crippen molar-refractivity contribution in [2.24, 2.45) is 0 Å². The van der Waals surface area contributed by atoms with Crippen LogP contribution in [0.5, 0.6) is 0 Å². The first-order chi connectivity index (χ1) is 19.1. The first-order valence-corrected chi connectivity index (χ1v) is 14.6. The van der Waals surface area contributed by atoms with Crippen LogP contribution in [0, 0.1) is 6.92 Å². The Morgan fingerprint density at radius 2 is 1.93 bits per heavy atom. The molecule has 1 aliphatic heterocycles. The van der Waals surface area contributed by atoms with Crippen molar-refractivity contribution in [3.8, 4) is 11.4 Å². The number of alkyl halides is 2. The van der Waals surface area contributed by atoms with E-state index in [1.54, 1.807) is 37.4 Å². The van der Waals surface area contributed by atoms with E-state index in [0.29, 0.717) is 47.1 Å². The Kier molecular flexibility index (Phi) is 7.72. The second-order valence-electron chi connectivity index (χ2n) is 9.72. The molecule has 4 heterocycles. The molecule has 0 radical (unpaired) electrons. The van der Waals surface area contributed by atoms with Gasteiger partial charge in [-0.05, 0) is 55.0 Å². The highest BCUT2D eigenvalue weighted by Crippen LogP contribution is 2.24. The molecule has 1 aliphatic rings. The number of nitrogens with one attached hydrogen (secondary N) is 2. The maximum absolute atomic E-state index is 13.2. The molecule has 1 aromatic carbocycles. The van der Waals surface area contributed by atoms with E-state index in [-0.39, 0.29) is 23.5 Å². The van der Waals surface area contributed by atoms with E-state index in [1.165, 1.54) is 6.07 Å². The van der Waals surface area contributed by atoms with Crippen molar-refractivity contribution < 1.29 is 22.0 Å². The van der Waals surface area contributed by atoms with Crippen molar-refractivity contribution in [3.05, 3.63) is 77.6 Å². The Bertz CT molecular complexity index is 1680. The standard InChI is InChI=1S/C28H28F2N6O3S/c1-17-6-7-18(12-25(17)40(2,38)39)28(37)33-15-20-13-23-19(14-32-20)8-9-22(34-23)21-4-3-5-26(35-21)36-11-10-31-24(16-36)27(29)30/h3-9,12-14,24,27,31H,10-11,15-16H2,1-2H3,(H,33,37). The fourth-order valence-corrected chi connectivity index (χ4v) is 5.60. The first kappa shape index (κ1) is 27.5. The molecule has 2 N–H and O–H groups in total. The number of anilines is 1. The highest BCUT2D eigenvalue weighted by Gasteiger charge is 2.27. The van der Waals surface area contributed by atoms with Crippen LogP contribution >= 0.6 is 0 Å². The smallest absolute Gasteiger partial charge is 0.255 e. The average molecular weight is 567 g/mol. The van der Waals surface area contributed by atoms with Gasteiger partial charge in [0.1, 0.15) is 5.82 Å². The van der Waals surface area contributed by atoms with Crippen molar-refractivity contribution >= 4 is 32.5 Å². The Morgan fingerprint density at radius 3 is 2.70 bits per heavy atom. The van der Waals surface area contributed by atoms with Crippen LogP contribution < -0.4 is 15.5 Å². The van der Waals surface area contributed by atoms with Gasteiger partial charge in [-0.3, -0.25) is 9.78 Å². The summed E-state index contributed by atoms with van der Waals surface area (Å²) in [5, 5.41) is 6.42. The summed E-state index contributed by atoms with van der Waals surface area (Å²) in [4.78, 5) is 28.5. The Morgan fingerprint density at radius 1 is 1.12 bits per heavy atom. The lowest BCUT2D eigenvalue weighted by atomic mass is 10.1. The van der Waals surface area contributed by atoms with Crippen LogP contribution in [0.4, 0.5) is 14.6 Å². The predicted octanol–water partition coefficient (Wildman–Crippen LogP) is 3.38. The Hall–Kier alpha value is -4.03. The normalized spacial score (nSPS) is 15.9. The van der Waals surface area contributed by atoms with Crippen LogP contribution in [0.1, 0.15) is 21.6 Å². The van der Waals surface area contributed by atoms with Gasteiger partial charge in [0, 0.05) is 43.0 Å². The van der Waals surface area contributed by atoms with Crippen LogP contribution in [0.25, 0.3) is 22.3 Å². The van der Waals surface area contributed by atoms with E-state index in [0.717, 1.165) is 11.6 Å². The molecule has 1 saturated heterocycles. The molecular weight excluding hydrogens is 538 g/mol. The molecular formula is C28H28F2N6O3S. The van der Waals surface area contributed by atoms with Crippen molar-refractivity contribution in [1.82, 2.24) is 25.6 Å². The highest BCUT2D eigenvalue weighted by atomic mass is 32.2. The molecule has 0 bridgehead atoms. The van der Waals surface area contributed by atoms with Crippen molar-refractivity contribution in [3.63, 3.8) is 0 Å². The molecule has 1 fully saturated rings. The molecule has 12 heteroatoms. The summed E-state index contributed by atoms with van der Waals surface area (Å²) < 4.78 is 50.5. The number of carbonyl (C=O) groups is 1. The predicted molar refractivity (Wildman–Crippen MR) is 148 cm³/mol. The number of sulfone groups is 1. The Balaban J connectivity index is 1.33. The molecule has 40 heavy (non-hydrogen) atoms. The van der Waals surface area contributed by atoms with Crippen molar-refractivity contribution in [2.75, 3.05) is 30.8 Å². The highest BCUT2D eigenvalue weighted by molar-refractivity contribution is 7.90. The summed E-state index contributed by atoms with van der Waals surface area (Å²) >= 11 is 0. The second kappa shape index (κ2) is 11.2. The molecule has 208 valence electrons. The minimum absolute atomic E-state index is 0.115. The van der Waals surface area contributed by atoms with Crippen LogP contribution in [0.15, 0.2) is 65.7 Å². The van der Waals surface area contributed by atoms with Crippen LogP contribution in [-0.2, 0) is 16.4 Å². The number of hydrogen-bond acceptors (Lipinski definition) is 8. The van der Waals surface area contributed by atoms with Crippen molar-refractivity contribution in [1.29, 1.82) is 0 Å². The molecule has 4 aromatic rings. The molecule has 0 aliphatic carbocycles. The van der Waals surface area contributed by atoms with E-state index in [1.807, 2.05) is 29.2 Å². The van der Waals surface area contributed by atoms with Crippen LogP contribution in [-0.4, -0.2) is 67.6 Å². The van der Waals surface area contributed by atoms with E-state index in [4.69, 9.17) is 4.98 Å². The number of piperazine rings is 1. The molecule has 1 amide bonds. The number of aryl methyl sites for hydroxylation is 1. The summed E-state index contributed by atoms with van der Waals surface area (Å²) in [5.41, 5.74) is 3.26. The number of pyridine rings is 3. The molecule has 0 spiro atoms. The van der Waals surface area contributed by atoms with Gasteiger partial charge in [0.15, 0.2) is 9.84 Å². The first-order valence-electron chi connectivity index (χ1n) is 12.7. The minimum atomic E-state index is -3.46. The lowest BCUT2D eigenvalue weighted by Crippen LogP contribution is -2.54. The lowest BCUT2D eigenvalue weighted by Gasteiger charge is -2.34. The third-order valence-corrected chi connectivity index (χ3v) is 7.98. The van der Waals surface area contributed by atoms with Gasteiger partial charge in [0.25, 0.3) is 12.3 Å². The van der Waals surface area contributed by atoms with E-state index >= 15 is 0 Å². The van der Waals surface area contributed by atoms with Gasteiger partial charge >= 0.3 is 0 Å². The molecule has 0 saturated carbocycles. The number of carbonyl (C=O) groups excluding carboxylic acids is 1. The molecule has 5 rings (SSSR count). The third kappa shape index (κ3) is 6.07. The fraction of sp³-hybridized carbons (Fsp3) is 0.286. The number of hydrogen-bond donors (Lipinski definition) is 2. The summed E-state index contributed by atoms with van der Waals surface area (Å²) in [6, 6.07) is 14.6. The minimum Gasteiger partial charge on any atom is -0.354 e. The lowest BCUT2D eigenvalue weighted by molar-refractivity contribution is 0.0947. The number of nitrogens with zero attached hydrogens (tertiary/aromatic N) is 4. The summed E-state index contributed by atoms with van der Waals surface area (Å²) in [5.74, 6) is 0.191. The van der Waals surface area contributed by atoms with Crippen molar-refractivity contribution in [2.45, 2.75) is 30.8 Å². The monoisotopic (exact) mass is 566 g/mol. The van der Waals surface area contributed by atoms with Crippen LogP contribution in [0.2, 0.25) is 0 Å². The Labute approximate surface area is 230 Å². The van der Waals surface area contributed by atoms with Gasteiger partial charge in [0.2, 0.25) is 0 Å². The summed E-state index contributed by atoms with van der Waals surface area (Å²) in [6.07, 6.45) is 0.315. The molecule has 1 unspecified atom stereocenters. The second-order valence-corrected chi connectivity index (χ2v) is 11.7. The van der Waals surface area contributed by atoms with Gasteiger partial charge in [-0.15, -0.1) is 0 Å². The van der Waals surface area contributed by atoms with E-state index in [2.05, 4.69) is 20.6 Å². The SMILES string of the molecule is Cc1ccc(C(=O)NCc2cc3nc(-c4cccc(N5CCNC(C(F)F)C5)n4)ccc3cn2)cc1S(C)(=O)=O. The third-order valence-electron chi connectivity index (χ3n) is 6.74. The summed E-state index contributed by atoms with van der Waals surface area (Å²) in [7, 11) is -3.46. The molecule has 9 nitrogen and oxygen atoms in total.